The van der Waals surface area contributed by atoms with Crippen molar-refractivity contribution in [1.82, 2.24) is 14.8 Å². The fourth-order valence-electron chi connectivity index (χ4n) is 4.30. The third kappa shape index (κ3) is 5.25. The standard InChI is InChI=1S/C26H31BrN4O/c1-20-24(19-25(29(20)2)21-7-4-3-5-8-21)26(32)28-13-6-14-30-15-17-31(18-16-30)23-11-9-22(27)10-12-23/h3-5,7-12,19H,6,13-18H2,1-2H3,(H,28,32). The Morgan fingerprint density at radius 2 is 1.69 bits per heavy atom. The highest BCUT2D eigenvalue weighted by Gasteiger charge is 2.18. The molecule has 0 bridgehead atoms. The third-order valence-electron chi connectivity index (χ3n) is 6.35. The van der Waals surface area contributed by atoms with E-state index >= 15 is 0 Å². The Bertz CT molecular complexity index is 1040. The van der Waals surface area contributed by atoms with Crippen LogP contribution in [-0.2, 0) is 7.05 Å². The van der Waals surface area contributed by atoms with Gasteiger partial charge in [-0.3, -0.25) is 9.69 Å². The molecular weight excluding hydrogens is 464 g/mol. The highest BCUT2D eigenvalue weighted by Crippen LogP contribution is 2.24. The Labute approximate surface area is 199 Å². The van der Waals surface area contributed by atoms with Crippen molar-refractivity contribution in [3.8, 4) is 11.3 Å². The van der Waals surface area contributed by atoms with E-state index in [1.54, 1.807) is 0 Å². The lowest BCUT2D eigenvalue weighted by Crippen LogP contribution is -2.47. The highest BCUT2D eigenvalue weighted by atomic mass is 79.9. The van der Waals surface area contributed by atoms with Crippen LogP contribution in [0.2, 0.25) is 0 Å². The van der Waals surface area contributed by atoms with Gasteiger partial charge in [-0.05, 0) is 55.8 Å². The minimum Gasteiger partial charge on any atom is -0.369 e. The summed E-state index contributed by atoms with van der Waals surface area (Å²) in [7, 11) is 2.02. The summed E-state index contributed by atoms with van der Waals surface area (Å²) in [5.74, 6) is 0.0142. The fourth-order valence-corrected chi connectivity index (χ4v) is 4.56. The van der Waals surface area contributed by atoms with Crippen molar-refractivity contribution in [2.45, 2.75) is 13.3 Å². The Morgan fingerprint density at radius 3 is 2.38 bits per heavy atom. The average Bonchev–Trinajstić information content (AvgIpc) is 3.13. The molecule has 5 nitrogen and oxygen atoms in total. The van der Waals surface area contributed by atoms with Crippen LogP contribution < -0.4 is 10.2 Å². The Kier molecular flexibility index (Phi) is 7.33. The molecule has 0 atom stereocenters. The van der Waals surface area contributed by atoms with E-state index in [1.165, 1.54) is 5.69 Å². The Hall–Kier alpha value is -2.57. The Balaban J connectivity index is 1.23. The van der Waals surface area contributed by atoms with Crippen molar-refractivity contribution in [2.24, 2.45) is 7.05 Å². The maximum absolute atomic E-state index is 12.8. The maximum atomic E-state index is 12.8. The van der Waals surface area contributed by atoms with Gasteiger partial charge in [0.2, 0.25) is 0 Å². The number of hydrogen-bond donors (Lipinski definition) is 1. The van der Waals surface area contributed by atoms with Crippen molar-refractivity contribution in [1.29, 1.82) is 0 Å². The number of amides is 1. The van der Waals surface area contributed by atoms with Crippen LogP contribution in [0, 0.1) is 6.92 Å². The summed E-state index contributed by atoms with van der Waals surface area (Å²) in [5, 5.41) is 3.12. The summed E-state index contributed by atoms with van der Waals surface area (Å²) < 4.78 is 3.21. The topological polar surface area (TPSA) is 40.5 Å². The van der Waals surface area contributed by atoms with Gasteiger partial charge in [-0.2, -0.15) is 0 Å². The number of carbonyl (C=O) groups excluding carboxylic acids is 1. The predicted octanol–water partition coefficient (Wildman–Crippen LogP) is 4.71. The van der Waals surface area contributed by atoms with E-state index in [-0.39, 0.29) is 5.91 Å². The second kappa shape index (κ2) is 10.4. The molecule has 1 aliphatic heterocycles. The number of nitrogens with zero attached hydrogens (tertiary/aromatic N) is 3. The molecule has 6 heteroatoms. The lowest BCUT2D eigenvalue weighted by Gasteiger charge is -2.36. The number of rotatable bonds is 7. The first-order chi connectivity index (χ1) is 15.5. The summed E-state index contributed by atoms with van der Waals surface area (Å²) in [4.78, 5) is 17.7. The van der Waals surface area contributed by atoms with Gasteiger partial charge in [-0.15, -0.1) is 0 Å². The monoisotopic (exact) mass is 494 g/mol. The Morgan fingerprint density at radius 1 is 1.00 bits per heavy atom. The zero-order chi connectivity index (χ0) is 22.5. The largest absolute Gasteiger partial charge is 0.369 e. The predicted molar refractivity (Wildman–Crippen MR) is 135 cm³/mol. The van der Waals surface area contributed by atoms with Gasteiger partial charge < -0.3 is 14.8 Å². The molecular formula is C26H31BrN4O. The second-order valence-electron chi connectivity index (χ2n) is 8.37. The van der Waals surface area contributed by atoms with Gasteiger partial charge in [-0.1, -0.05) is 46.3 Å². The smallest absolute Gasteiger partial charge is 0.253 e. The van der Waals surface area contributed by atoms with Crippen LogP contribution in [0.5, 0.6) is 0 Å². The first kappa shape index (κ1) is 22.6. The summed E-state index contributed by atoms with van der Waals surface area (Å²) >= 11 is 3.50. The van der Waals surface area contributed by atoms with E-state index in [9.17, 15) is 4.79 Å². The number of nitrogens with one attached hydrogen (secondary N) is 1. The van der Waals surface area contributed by atoms with E-state index in [0.29, 0.717) is 6.54 Å². The lowest BCUT2D eigenvalue weighted by molar-refractivity contribution is 0.0951. The molecule has 1 aliphatic rings. The lowest BCUT2D eigenvalue weighted by atomic mass is 10.1. The van der Waals surface area contributed by atoms with E-state index < -0.39 is 0 Å². The molecule has 0 spiro atoms. The number of hydrogen-bond acceptors (Lipinski definition) is 3. The number of aromatic nitrogens is 1. The molecule has 0 radical (unpaired) electrons. The molecule has 1 N–H and O–H groups in total. The van der Waals surface area contributed by atoms with Crippen LogP contribution in [0.4, 0.5) is 5.69 Å². The molecule has 2 aromatic carbocycles. The van der Waals surface area contributed by atoms with Crippen molar-refractivity contribution in [3.63, 3.8) is 0 Å². The van der Waals surface area contributed by atoms with Gasteiger partial charge in [0.25, 0.3) is 5.91 Å². The van der Waals surface area contributed by atoms with Crippen LogP contribution in [0.1, 0.15) is 22.5 Å². The second-order valence-corrected chi connectivity index (χ2v) is 9.28. The quantitative estimate of drug-likeness (QED) is 0.483. The summed E-state index contributed by atoms with van der Waals surface area (Å²) in [6.45, 7) is 7.91. The summed E-state index contributed by atoms with van der Waals surface area (Å²) in [5.41, 5.74) is 5.23. The molecule has 0 aliphatic carbocycles. The zero-order valence-corrected chi connectivity index (χ0v) is 20.4. The first-order valence-corrected chi connectivity index (χ1v) is 12.0. The zero-order valence-electron chi connectivity index (χ0n) is 18.9. The molecule has 1 fully saturated rings. The number of benzene rings is 2. The van der Waals surface area contributed by atoms with Crippen LogP contribution in [0.25, 0.3) is 11.3 Å². The maximum Gasteiger partial charge on any atom is 0.253 e. The van der Waals surface area contributed by atoms with Crippen molar-refractivity contribution in [2.75, 3.05) is 44.2 Å². The fraction of sp³-hybridized carbons (Fsp3) is 0.346. The van der Waals surface area contributed by atoms with Crippen molar-refractivity contribution < 1.29 is 4.79 Å². The molecule has 168 valence electrons. The molecule has 2 heterocycles. The minimum atomic E-state index is 0.0142. The van der Waals surface area contributed by atoms with Gasteiger partial charge in [-0.25, -0.2) is 0 Å². The van der Waals surface area contributed by atoms with Gasteiger partial charge in [0.15, 0.2) is 0 Å². The van der Waals surface area contributed by atoms with E-state index in [0.717, 1.165) is 66.1 Å². The number of anilines is 1. The van der Waals surface area contributed by atoms with Crippen LogP contribution in [-0.4, -0.2) is 54.6 Å². The SMILES string of the molecule is Cc1c(C(=O)NCCCN2CCN(c3ccc(Br)cc3)CC2)cc(-c2ccccc2)n1C. The molecule has 4 rings (SSSR count). The van der Waals surface area contributed by atoms with Crippen LogP contribution >= 0.6 is 15.9 Å². The van der Waals surface area contributed by atoms with Crippen molar-refractivity contribution in [3.05, 3.63) is 76.4 Å². The summed E-state index contributed by atoms with van der Waals surface area (Å²) in [6.07, 6.45) is 0.960. The molecule has 32 heavy (non-hydrogen) atoms. The van der Waals surface area contributed by atoms with Crippen molar-refractivity contribution >= 4 is 27.5 Å². The molecule has 0 saturated carbocycles. The number of halogens is 1. The number of piperazine rings is 1. The van der Waals surface area contributed by atoms with Gasteiger partial charge in [0.1, 0.15) is 0 Å². The molecule has 1 saturated heterocycles. The number of carbonyl (C=O) groups is 1. The molecule has 1 aromatic heterocycles. The third-order valence-corrected chi connectivity index (χ3v) is 6.88. The molecule has 3 aromatic rings. The molecule has 1 amide bonds. The highest BCUT2D eigenvalue weighted by molar-refractivity contribution is 9.10. The van der Waals surface area contributed by atoms with Gasteiger partial charge in [0.05, 0.1) is 5.56 Å². The van der Waals surface area contributed by atoms with Crippen LogP contribution in [0.3, 0.4) is 0 Å². The van der Waals surface area contributed by atoms with Gasteiger partial charge >= 0.3 is 0 Å². The summed E-state index contributed by atoms with van der Waals surface area (Å²) in [6, 6.07) is 20.7. The van der Waals surface area contributed by atoms with E-state index in [4.69, 9.17) is 0 Å². The normalized spacial score (nSPS) is 14.5. The van der Waals surface area contributed by atoms with Crippen LogP contribution in [0.15, 0.2) is 65.1 Å². The average molecular weight is 495 g/mol. The molecule has 0 unspecified atom stereocenters. The minimum absolute atomic E-state index is 0.0142. The van der Waals surface area contributed by atoms with E-state index in [2.05, 4.69) is 72.0 Å². The van der Waals surface area contributed by atoms with E-state index in [1.807, 2.05) is 38.2 Å². The van der Waals surface area contributed by atoms with Gasteiger partial charge in [0, 0.05) is 61.3 Å². The first-order valence-electron chi connectivity index (χ1n) is 11.3.